The van der Waals surface area contributed by atoms with E-state index in [0.29, 0.717) is 17.7 Å². The summed E-state index contributed by atoms with van der Waals surface area (Å²) in [5.41, 5.74) is 5.95. The number of hydrazine groups is 1. The summed E-state index contributed by atoms with van der Waals surface area (Å²) in [5.74, 6) is 5.10. The molecule has 5 N–H and O–H groups in total. The largest absolute Gasteiger partial charge is 0.507 e. The maximum atomic E-state index is 11.3. The van der Waals surface area contributed by atoms with Crippen LogP contribution in [0.5, 0.6) is 5.75 Å². The van der Waals surface area contributed by atoms with Gasteiger partial charge < -0.3 is 5.11 Å². The van der Waals surface area contributed by atoms with Gasteiger partial charge in [0.2, 0.25) is 0 Å². The van der Waals surface area contributed by atoms with Crippen molar-refractivity contribution in [2.24, 2.45) is 10.9 Å². The highest BCUT2D eigenvalue weighted by Crippen LogP contribution is 2.20. The number of phenols is 1. The minimum absolute atomic E-state index is 0.133. The lowest BCUT2D eigenvalue weighted by atomic mass is 10.0. The molecule has 6 nitrogen and oxygen atoms in total. The van der Waals surface area contributed by atoms with Gasteiger partial charge in [0.05, 0.1) is 5.71 Å². The number of rotatable bonds is 2. The summed E-state index contributed by atoms with van der Waals surface area (Å²) < 4.78 is 0. The maximum absolute atomic E-state index is 11.3. The molecule has 1 heterocycles. The molecular weight excluding hydrogens is 208 g/mol. The zero-order valence-electron chi connectivity index (χ0n) is 8.47. The first-order valence-corrected chi connectivity index (χ1v) is 4.83. The molecule has 0 fully saturated rings. The Hall–Kier alpha value is -1.92. The summed E-state index contributed by atoms with van der Waals surface area (Å²) in [5, 5.41) is 13.5. The number of carbonyl (C=O) groups is 1. The Labute approximate surface area is 92.1 Å². The van der Waals surface area contributed by atoms with Gasteiger partial charge >= 0.3 is 0 Å². The van der Waals surface area contributed by atoms with E-state index in [4.69, 9.17) is 5.84 Å². The van der Waals surface area contributed by atoms with Gasteiger partial charge in [0, 0.05) is 12.0 Å². The molecular formula is C10H12N4O2. The summed E-state index contributed by atoms with van der Waals surface area (Å²) >= 11 is 0. The molecule has 1 aromatic carbocycles. The van der Waals surface area contributed by atoms with Crippen molar-refractivity contribution in [3.8, 4) is 5.75 Å². The number of nitrogens with zero attached hydrogens (tertiary/aromatic N) is 1. The highest BCUT2D eigenvalue weighted by Gasteiger charge is 2.25. The number of carbonyl (C=O) groups excluding carboxylic acids is 1. The van der Waals surface area contributed by atoms with Crippen molar-refractivity contribution in [3.63, 3.8) is 0 Å². The van der Waals surface area contributed by atoms with Crippen LogP contribution in [0.2, 0.25) is 0 Å². The average molecular weight is 220 g/mol. The first-order valence-electron chi connectivity index (χ1n) is 4.83. The van der Waals surface area contributed by atoms with Gasteiger partial charge in [-0.3, -0.25) is 10.6 Å². The molecule has 16 heavy (non-hydrogen) atoms. The normalized spacial score (nSPS) is 20.2. The lowest BCUT2D eigenvalue weighted by Gasteiger charge is -2.20. The number of amides is 1. The van der Waals surface area contributed by atoms with Gasteiger partial charge in [-0.05, 0) is 12.1 Å². The smallest absolute Gasteiger partial charge is 0.258 e. The van der Waals surface area contributed by atoms with Gasteiger partial charge in [-0.1, -0.05) is 12.1 Å². The van der Waals surface area contributed by atoms with E-state index in [9.17, 15) is 9.90 Å². The molecule has 0 saturated carbocycles. The number of nitrogens with one attached hydrogen (secondary N) is 2. The fourth-order valence-corrected chi connectivity index (χ4v) is 1.55. The number of benzene rings is 1. The van der Waals surface area contributed by atoms with Crippen LogP contribution in [0.15, 0.2) is 29.4 Å². The summed E-state index contributed by atoms with van der Waals surface area (Å²) in [4.78, 5) is 11.3. The van der Waals surface area contributed by atoms with Gasteiger partial charge in [0.15, 0.2) is 0 Å². The zero-order valence-corrected chi connectivity index (χ0v) is 8.47. The zero-order chi connectivity index (χ0) is 11.5. The summed E-state index contributed by atoms with van der Waals surface area (Å²) in [6.07, 6.45) is 0.347. The molecule has 0 spiro atoms. The Morgan fingerprint density at radius 1 is 1.50 bits per heavy atom. The standard InChI is InChI=1S/C10H12N4O2/c11-12-8-5-7(13-14-10(8)16)6-3-1-2-4-9(6)15/h1-4,8,12,15H,5,11H2,(H,14,16). The van der Waals surface area contributed by atoms with E-state index in [1.165, 1.54) is 0 Å². The minimum Gasteiger partial charge on any atom is -0.507 e. The SMILES string of the molecule is NNC1CC(c2ccccc2O)=NNC1=O. The van der Waals surface area contributed by atoms with Crippen molar-refractivity contribution in [1.82, 2.24) is 10.9 Å². The van der Waals surface area contributed by atoms with E-state index in [1.54, 1.807) is 24.3 Å². The van der Waals surface area contributed by atoms with Crippen LogP contribution in [0.25, 0.3) is 0 Å². The quantitative estimate of drug-likeness (QED) is 0.397. The van der Waals surface area contributed by atoms with Crippen molar-refractivity contribution in [2.75, 3.05) is 0 Å². The highest BCUT2D eigenvalue weighted by molar-refractivity contribution is 6.07. The van der Waals surface area contributed by atoms with Gasteiger partial charge in [-0.25, -0.2) is 10.9 Å². The number of nitrogens with two attached hydrogens (primary N) is 1. The topological polar surface area (TPSA) is 99.7 Å². The van der Waals surface area contributed by atoms with E-state index in [-0.39, 0.29) is 11.7 Å². The Bertz CT molecular complexity index is 444. The second-order valence-corrected chi connectivity index (χ2v) is 3.48. The van der Waals surface area contributed by atoms with Gasteiger partial charge in [0.1, 0.15) is 11.8 Å². The molecule has 1 unspecified atom stereocenters. The van der Waals surface area contributed by atoms with Gasteiger partial charge in [-0.15, -0.1) is 0 Å². The van der Waals surface area contributed by atoms with Gasteiger partial charge in [0.25, 0.3) is 5.91 Å². The predicted molar refractivity (Wildman–Crippen MR) is 58.5 cm³/mol. The van der Waals surface area contributed by atoms with Crippen LogP contribution in [0.4, 0.5) is 0 Å². The van der Waals surface area contributed by atoms with Crippen LogP contribution in [-0.2, 0) is 4.79 Å². The molecule has 1 amide bonds. The summed E-state index contributed by atoms with van der Waals surface area (Å²) in [6, 6.07) is 6.30. The Balaban J connectivity index is 2.30. The summed E-state index contributed by atoms with van der Waals surface area (Å²) in [7, 11) is 0. The molecule has 0 aromatic heterocycles. The van der Waals surface area contributed by atoms with E-state index in [0.717, 1.165) is 0 Å². The lowest BCUT2D eigenvalue weighted by molar-refractivity contribution is -0.123. The molecule has 1 aliphatic heterocycles. The third-order valence-electron chi connectivity index (χ3n) is 2.43. The van der Waals surface area contributed by atoms with E-state index in [1.807, 2.05) is 0 Å². The first kappa shape index (κ1) is 10.6. The Morgan fingerprint density at radius 2 is 2.25 bits per heavy atom. The molecule has 2 rings (SSSR count). The van der Waals surface area contributed by atoms with Crippen LogP contribution in [-0.4, -0.2) is 22.8 Å². The van der Waals surface area contributed by atoms with Crippen LogP contribution in [0.3, 0.4) is 0 Å². The first-order chi connectivity index (χ1) is 7.72. The number of hydrazone groups is 1. The predicted octanol–water partition coefficient (Wildman–Crippen LogP) is -0.552. The second-order valence-electron chi connectivity index (χ2n) is 3.48. The molecule has 0 saturated heterocycles. The summed E-state index contributed by atoms with van der Waals surface area (Å²) in [6.45, 7) is 0. The van der Waals surface area contributed by atoms with Crippen molar-refractivity contribution < 1.29 is 9.90 Å². The minimum atomic E-state index is -0.521. The van der Waals surface area contributed by atoms with Crippen LogP contribution >= 0.6 is 0 Å². The van der Waals surface area contributed by atoms with Crippen molar-refractivity contribution in [1.29, 1.82) is 0 Å². The van der Waals surface area contributed by atoms with Crippen molar-refractivity contribution in [3.05, 3.63) is 29.8 Å². The number of hydrogen-bond acceptors (Lipinski definition) is 5. The maximum Gasteiger partial charge on any atom is 0.258 e. The van der Waals surface area contributed by atoms with E-state index >= 15 is 0 Å². The average Bonchev–Trinajstić information content (AvgIpc) is 2.31. The molecule has 1 atom stereocenters. The molecule has 0 bridgehead atoms. The molecule has 6 heteroatoms. The number of aromatic hydroxyl groups is 1. The van der Waals surface area contributed by atoms with Crippen molar-refractivity contribution in [2.45, 2.75) is 12.5 Å². The number of para-hydroxylation sites is 1. The number of hydrogen-bond donors (Lipinski definition) is 4. The highest BCUT2D eigenvalue weighted by atomic mass is 16.3. The van der Waals surface area contributed by atoms with Crippen molar-refractivity contribution >= 4 is 11.6 Å². The molecule has 0 radical (unpaired) electrons. The van der Waals surface area contributed by atoms with E-state index < -0.39 is 6.04 Å². The van der Waals surface area contributed by atoms with Gasteiger partial charge in [-0.2, -0.15) is 5.10 Å². The molecule has 84 valence electrons. The second kappa shape index (κ2) is 4.30. The van der Waals surface area contributed by atoms with Crippen LogP contribution in [0.1, 0.15) is 12.0 Å². The Kier molecular flexibility index (Phi) is 2.84. The lowest BCUT2D eigenvalue weighted by Crippen LogP contribution is -2.50. The molecule has 0 aliphatic carbocycles. The third-order valence-corrected chi connectivity index (χ3v) is 2.43. The fourth-order valence-electron chi connectivity index (χ4n) is 1.55. The van der Waals surface area contributed by atoms with Crippen LogP contribution in [0, 0.1) is 0 Å². The van der Waals surface area contributed by atoms with Crippen LogP contribution < -0.4 is 16.7 Å². The monoisotopic (exact) mass is 220 g/mol. The molecule has 1 aromatic rings. The third kappa shape index (κ3) is 1.88. The number of phenolic OH excluding ortho intramolecular Hbond substituents is 1. The molecule has 1 aliphatic rings. The fraction of sp³-hybridized carbons (Fsp3) is 0.200. The van der Waals surface area contributed by atoms with E-state index in [2.05, 4.69) is 16.0 Å². The Morgan fingerprint density at radius 3 is 2.94 bits per heavy atom.